The van der Waals surface area contributed by atoms with E-state index in [0.29, 0.717) is 28.0 Å². The van der Waals surface area contributed by atoms with Crippen LogP contribution in [-0.2, 0) is 6.54 Å². The zero-order valence-corrected chi connectivity index (χ0v) is 17.2. The number of rotatable bonds is 7. The molecule has 8 heteroatoms. The van der Waals surface area contributed by atoms with Crippen molar-refractivity contribution in [2.24, 2.45) is 5.73 Å². The molecule has 1 aliphatic heterocycles. The van der Waals surface area contributed by atoms with Crippen LogP contribution in [0.3, 0.4) is 0 Å². The standard InChI is InChI=1S/C22H23ClN6O/c23-18-13-25-22(28-21(18)27-19-9-2-1-8-17(19)20(24)30)26-16-7-5-6-15(12-16)14-29-10-3-4-11-29/h1-2,5-9,12-13H,3-4,10-11,14H2,(H2,24,30)(H2,25,26,27,28). The van der Waals surface area contributed by atoms with E-state index in [1.165, 1.54) is 24.6 Å². The molecule has 0 bridgehead atoms. The van der Waals surface area contributed by atoms with Crippen LogP contribution in [0.15, 0.2) is 54.7 Å². The maximum atomic E-state index is 11.7. The third kappa shape index (κ3) is 4.87. The van der Waals surface area contributed by atoms with Crippen molar-refractivity contribution in [2.45, 2.75) is 19.4 Å². The molecule has 2 heterocycles. The minimum atomic E-state index is -0.531. The molecular weight excluding hydrogens is 400 g/mol. The molecule has 0 unspecified atom stereocenters. The highest BCUT2D eigenvalue weighted by Gasteiger charge is 2.13. The maximum Gasteiger partial charge on any atom is 0.250 e. The van der Waals surface area contributed by atoms with Crippen LogP contribution in [0.1, 0.15) is 28.8 Å². The monoisotopic (exact) mass is 422 g/mol. The van der Waals surface area contributed by atoms with Gasteiger partial charge in [-0.15, -0.1) is 0 Å². The van der Waals surface area contributed by atoms with Gasteiger partial charge in [0.05, 0.1) is 17.4 Å². The molecule has 1 aromatic heterocycles. The minimum Gasteiger partial charge on any atom is -0.366 e. The van der Waals surface area contributed by atoms with Crippen LogP contribution in [0.25, 0.3) is 0 Å². The maximum absolute atomic E-state index is 11.7. The predicted molar refractivity (Wildman–Crippen MR) is 120 cm³/mol. The Balaban J connectivity index is 1.52. The van der Waals surface area contributed by atoms with E-state index in [1.807, 2.05) is 12.1 Å². The van der Waals surface area contributed by atoms with Gasteiger partial charge in [0.2, 0.25) is 5.95 Å². The van der Waals surface area contributed by atoms with Crippen LogP contribution in [0.5, 0.6) is 0 Å². The van der Waals surface area contributed by atoms with Gasteiger partial charge >= 0.3 is 0 Å². The summed E-state index contributed by atoms with van der Waals surface area (Å²) in [6.45, 7) is 3.24. The second-order valence-corrected chi connectivity index (χ2v) is 7.64. The Labute approximate surface area is 180 Å². The van der Waals surface area contributed by atoms with E-state index in [1.54, 1.807) is 24.3 Å². The molecule has 4 rings (SSSR count). The van der Waals surface area contributed by atoms with Gasteiger partial charge in [0.15, 0.2) is 5.82 Å². The van der Waals surface area contributed by atoms with Crippen molar-refractivity contribution in [1.29, 1.82) is 0 Å². The summed E-state index contributed by atoms with van der Waals surface area (Å²) in [4.78, 5) is 22.9. The Morgan fingerprint density at radius 3 is 2.70 bits per heavy atom. The number of nitrogens with two attached hydrogens (primary N) is 1. The zero-order chi connectivity index (χ0) is 20.9. The largest absolute Gasteiger partial charge is 0.366 e. The Kier molecular flexibility index (Phi) is 6.11. The second-order valence-electron chi connectivity index (χ2n) is 7.23. The van der Waals surface area contributed by atoms with Gasteiger partial charge in [-0.2, -0.15) is 4.98 Å². The number of halogens is 1. The molecule has 0 saturated carbocycles. The molecule has 2 aromatic carbocycles. The summed E-state index contributed by atoms with van der Waals surface area (Å²) < 4.78 is 0. The van der Waals surface area contributed by atoms with Crippen molar-refractivity contribution in [1.82, 2.24) is 14.9 Å². The number of likely N-dealkylation sites (tertiary alicyclic amines) is 1. The number of hydrogen-bond acceptors (Lipinski definition) is 6. The summed E-state index contributed by atoms with van der Waals surface area (Å²) in [5.74, 6) is 0.254. The average molecular weight is 423 g/mol. The van der Waals surface area contributed by atoms with Crippen LogP contribution < -0.4 is 16.4 Å². The summed E-state index contributed by atoms with van der Waals surface area (Å²) in [6, 6.07) is 15.2. The van der Waals surface area contributed by atoms with E-state index >= 15 is 0 Å². The van der Waals surface area contributed by atoms with Crippen molar-refractivity contribution in [2.75, 3.05) is 23.7 Å². The van der Waals surface area contributed by atoms with Crippen molar-refractivity contribution < 1.29 is 4.79 Å². The molecule has 3 aromatic rings. The van der Waals surface area contributed by atoms with Crippen LogP contribution in [0.2, 0.25) is 5.02 Å². The molecule has 1 fully saturated rings. The number of amides is 1. The Morgan fingerprint density at radius 1 is 1.10 bits per heavy atom. The first kappa shape index (κ1) is 20.1. The number of anilines is 4. The first-order valence-corrected chi connectivity index (χ1v) is 10.2. The van der Waals surface area contributed by atoms with Gasteiger partial charge < -0.3 is 16.4 Å². The Morgan fingerprint density at radius 2 is 1.90 bits per heavy atom. The first-order valence-electron chi connectivity index (χ1n) is 9.85. The number of primary amides is 1. The number of nitrogens with one attached hydrogen (secondary N) is 2. The lowest BCUT2D eigenvalue weighted by molar-refractivity contribution is 0.100. The molecule has 4 N–H and O–H groups in total. The average Bonchev–Trinajstić information content (AvgIpc) is 3.24. The smallest absolute Gasteiger partial charge is 0.250 e. The van der Waals surface area contributed by atoms with Gasteiger partial charge in [0.25, 0.3) is 5.91 Å². The normalized spacial score (nSPS) is 13.9. The van der Waals surface area contributed by atoms with Crippen molar-refractivity contribution in [3.63, 3.8) is 0 Å². The lowest BCUT2D eigenvalue weighted by Gasteiger charge is -2.15. The summed E-state index contributed by atoms with van der Waals surface area (Å²) in [6.07, 6.45) is 4.05. The molecule has 0 spiro atoms. The van der Waals surface area contributed by atoms with Gasteiger partial charge in [-0.25, -0.2) is 4.98 Å². The van der Waals surface area contributed by atoms with Gasteiger partial charge in [-0.05, 0) is 55.8 Å². The van der Waals surface area contributed by atoms with Crippen molar-refractivity contribution >= 4 is 40.6 Å². The number of para-hydroxylation sites is 1. The molecule has 0 radical (unpaired) electrons. The van der Waals surface area contributed by atoms with Gasteiger partial charge in [-0.1, -0.05) is 35.9 Å². The lowest BCUT2D eigenvalue weighted by atomic mass is 10.1. The molecule has 154 valence electrons. The van der Waals surface area contributed by atoms with Crippen molar-refractivity contribution in [3.05, 3.63) is 70.9 Å². The van der Waals surface area contributed by atoms with E-state index in [9.17, 15) is 4.79 Å². The molecule has 30 heavy (non-hydrogen) atoms. The fourth-order valence-electron chi connectivity index (χ4n) is 3.53. The van der Waals surface area contributed by atoms with Gasteiger partial charge in [0, 0.05) is 12.2 Å². The highest BCUT2D eigenvalue weighted by atomic mass is 35.5. The summed E-state index contributed by atoms with van der Waals surface area (Å²) in [7, 11) is 0. The number of nitrogens with zero attached hydrogens (tertiary/aromatic N) is 3. The van der Waals surface area contributed by atoms with Gasteiger partial charge in [-0.3, -0.25) is 9.69 Å². The van der Waals surface area contributed by atoms with E-state index < -0.39 is 5.91 Å². The molecule has 7 nitrogen and oxygen atoms in total. The van der Waals surface area contributed by atoms with Gasteiger partial charge in [0.1, 0.15) is 5.02 Å². The number of aromatic nitrogens is 2. The van der Waals surface area contributed by atoms with Crippen LogP contribution in [-0.4, -0.2) is 33.9 Å². The first-order chi connectivity index (χ1) is 14.6. The molecule has 0 aliphatic carbocycles. The number of carbonyl (C=O) groups excluding carboxylic acids is 1. The van der Waals surface area contributed by atoms with E-state index in [0.717, 1.165) is 25.3 Å². The summed E-state index contributed by atoms with van der Waals surface area (Å²) in [5.41, 5.74) is 8.48. The third-order valence-corrected chi connectivity index (χ3v) is 5.25. The Hall–Kier alpha value is -3.16. The molecular formula is C22H23ClN6O. The summed E-state index contributed by atoms with van der Waals surface area (Å²) >= 11 is 6.26. The highest BCUT2D eigenvalue weighted by Crippen LogP contribution is 2.27. The number of carbonyl (C=O) groups is 1. The fraction of sp³-hybridized carbons (Fsp3) is 0.227. The van der Waals surface area contributed by atoms with E-state index in [-0.39, 0.29) is 0 Å². The molecule has 1 amide bonds. The van der Waals surface area contributed by atoms with Crippen LogP contribution >= 0.6 is 11.6 Å². The van der Waals surface area contributed by atoms with Crippen molar-refractivity contribution in [3.8, 4) is 0 Å². The van der Waals surface area contributed by atoms with Crippen LogP contribution in [0, 0.1) is 0 Å². The third-order valence-electron chi connectivity index (χ3n) is 4.98. The van der Waals surface area contributed by atoms with E-state index in [4.69, 9.17) is 17.3 Å². The lowest BCUT2D eigenvalue weighted by Crippen LogP contribution is -2.18. The quantitative estimate of drug-likeness (QED) is 0.525. The fourth-order valence-corrected chi connectivity index (χ4v) is 3.66. The number of hydrogen-bond donors (Lipinski definition) is 3. The van der Waals surface area contributed by atoms with Crippen LogP contribution in [0.4, 0.5) is 23.1 Å². The Bertz CT molecular complexity index is 1050. The molecule has 1 aliphatic rings. The number of benzene rings is 2. The molecule has 0 atom stereocenters. The highest BCUT2D eigenvalue weighted by molar-refractivity contribution is 6.33. The summed E-state index contributed by atoms with van der Waals surface area (Å²) in [5, 5.41) is 6.64. The topological polar surface area (TPSA) is 96.2 Å². The predicted octanol–water partition coefficient (Wildman–Crippen LogP) is 4.31. The van der Waals surface area contributed by atoms with E-state index in [2.05, 4.69) is 37.6 Å². The SMILES string of the molecule is NC(=O)c1ccccc1Nc1nc(Nc2cccc(CN3CCCC3)c2)ncc1Cl. The second kappa shape index (κ2) is 9.11. The molecule has 1 saturated heterocycles. The minimum absolute atomic E-state index is 0.336. The zero-order valence-electron chi connectivity index (χ0n) is 16.4.